The second kappa shape index (κ2) is 9.22. The van der Waals surface area contributed by atoms with Gasteiger partial charge in [-0.05, 0) is 35.9 Å². The van der Waals surface area contributed by atoms with Crippen molar-refractivity contribution in [1.82, 2.24) is 5.32 Å². The van der Waals surface area contributed by atoms with Gasteiger partial charge in [-0.15, -0.1) is 0 Å². The van der Waals surface area contributed by atoms with E-state index in [0.717, 1.165) is 0 Å². The average molecular weight is 396 g/mol. The zero-order valence-corrected chi connectivity index (χ0v) is 15.3. The molecule has 0 saturated heterocycles. The number of esters is 2. The Morgan fingerprint density at radius 3 is 2.35 bits per heavy atom. The molecule has 2 rings (SSSR count). The molecule has 0 atom stereocenters. The fourth-order valence-electron chi connectivity index (χ4n) is 1.99. The van der Waals surface area contributed by atoms with Gasteiger partial charge in [-0.25, -0.2) is 4.79 Å². The molecular weight excluding hydrogens is 381 g/mol. The summed E-state index contributed by atoms with van der Waals surface area (Å²) < 4.78 is 9.67. The Kier molecular flexibility index (Phi) is 7.00. The standard InChI is InChI=1S/C18H15Cl2NO5/c1-25-18(24)12-4-2-11(3-5-12)10-26-16(22)9-21-17(23)14-7-6-13(19)8-15(14)20/h2-8H,9-10H2,1H3,(H,21,23). The number of halogens is 2. The van der Waals surface area contributed by atoms with E-state index in [1.807, 2.05) is 0 Å². The number of hydrogen-bond donors (Lipinski definition) is 1. The van der Waals surface area contributed by atoms with Gasteiger partial charge in [0.05, 0.1) is 23.3 Å². The van der Waals surface area contributed by atoms with Gasteiger partial charge in [0.1, 0.15) is 13.2 Å². The molecule has 0 saturated carbocycles. The van der Waals surface area contributed by atoms with Gasteiger partial charge in [-0.1, -0.05) is 35.3 Å². The summed E-state index contributed by atoms with van der Waals surface area (Å²) in [7, 11) is 1.30. The van der Waals surface area contributed by atoms with Crippen molar-refractivity contribution in [3.8, 4) is 0 Å². The summed E-state index contributed by atoms with van der Waals surface area (Å²) in [6.45, 7) is -0.296. The molecule has 2 aromatic rings. The first-order valence-corrected chi connectivity index (χ1v) is 8.22. The molecule has 8 heteroatoms. The Labute approximate surface area is 160 Å². The highest BCUT2D eigenvalue weighted by Crippen LogP contribution is 2.20. The van der Waals surface area contributed by atoms with Gasteiger partial charge in [0, 0.05) is 5.02 Å². The number of benzene rings is 2. The van der Waals surface area contributed by atoms with Gasteiger partial charge < -0.3 is 14.8 Å². The molecule has 0 heterocycles. The van der Waals surface area contributed by atoms with Crippen LogP contribution in [0.3, 0.4) is 0 Å². The SMILES string of the molecule is COC(=O)c1ccc(COC(=O)CNC(=O)c2ccc(Cl)cc2Cl)cc1. The van der Waals surface area contributed by atoms with Crippen molar-refractivity contribution < 1.29 is 23.9 Å². The van der Waals surface area contributed by atoms with E-state index in [1.54, 1.807) is 24.3 Å². The van der Waals surface area contributed by atoms with Gasteiger partial charge >= 0.3 is 11.9 Å². The highest BCUT2D eigenvalue weighted by atomic mass is 35.5. The summed E-state index contributed by atoms with van der Waals surface area (Å²) >= 11 is 11.7. The minimum absolute atomic E-state index is 0.0118. The second-order valence-corrected chi connectivity index (χ2v) is 6.00. The fraction of sp³-hybridized carbons (Fsp3) is 0.167. The van der Waals surface area contributed by atoms with Crippen LogP contribution in [0, 0.1) is 0 Å². The van der Waals surface area contributed by atoms with Crippen LogP contribution in [-0.2, 0) is 20.9 Å². The molecule has 0 aromatic heterocycles. The Balaban J connectivity index is 1.81. The lowest BCUT2D eigenvalue weighted by atomic mass is 10.1. The number of carbonyl (C=O) groups is 3. The first kappa shape index (κ1) is 19.8. The van der Waals surface area contributed by atoms with Gasteiger partial charge in [0.2, 0.25) is 0 Å². The van der Waals surface area contributed by atoms with Crippen molar-refractivity contribution in [1.29, 1.82) is 0 Å². The van der Waals surface area contributed by atoms with Gasteiger partial charge in [0.25, 0.3) is 5.91 Å². The molecule has 136 valence electrons. The van der Waals surface area contributed by atoms with Crippen LogP contribution >= 0.6 is 23.2 Å². The van der Waals surface area contributed by atoms with Crippen LogP contribution in [0.2, 0.25) is 10.0 Å². The van der Waals surface area contributed by atoms with E-state index in [4.69, 9.17) is 27.9 Å². The number of carbonyl (C=O) groups excluding carboxylic acids is 3. The van der Waals surface area contributed by atoms with Crippen molar-refractivity contribution in [3.63, 3.8) is 0 Å². The molecule has 0 aliphatic heterocycles. The van der Waals surface area contributed by atoms with Crippen molar-refractivity contribution >= 4 is 41.0 Å². The normalized spacial score (nSPS) is 10.1. The Morgan fingerprint density at radius 2 is 1.73 bits per heavy atom. The molecule has 0 radical (unpaired) electrons. The van der Waals surface area contributed by atoms with Crippen LogP contribution < -0.4 is 5.32 Å². The molecule has 26 heavy (non-hydrogen) atoms. The van der Waals surface area contributed by atoms with E-state index in [2.05, 4.69) is 10.1 Å². The predicted molar refractivity (Wildman–Crippen MR) is 96.4 cm³/mol. The van der Waals surface area contributed by atoms with Crippen LogP contribution in [0.1, 0.15) is 26.3 Å². The topological polar surface area (TPSA) is 81.7 Å². The predicted octanol–water partition coefficient (Wildman–Crippen LogP) is 3.25. The van der Waals surface area contributed by atoms with E-state index in [9.17, 15) is 14.4 Å². The highest BCUT2D eigenvalue weighted by molar-refractivity contribution is 6.36. The molecule has 0 aliphatic rings. The third-order valence-corrected chi connectivity index (χ3v) is 3.89. The molecule has 6 nitrogen and oxygen atoms in total. The molecular formula is C18H15Cl2NO5. The Morgan fingerprint density at radius 1 is 1.04 bits per heavy atom. The largest absolute Gasteiger partial charge is 0.465 e. The molecule has 0 unspecified atom stereocenters. The second-order valence-electron chi connectivity index (χ2n) is 5.16. The fourth-order valence-corrected chi connectivity index (χ4v) is 2.49. The maximum atomic E-state index is 12.0. The lowest BCUT2D eigenvalue weighted by molar-refractivity contribution is -0.143. The maximum absolute atomic E-state index is 12.0. The van der Waals surface area contributed by atoms with Crippen LogP contribution in [0.15, 0.2) is 42.5 Å². The first-order chi connectivity index (χ1) is 12.4. The first-order valence-electron chi connectivity index (χ1n) is 7.47. The molecule has 1 N–H and O–H groups in total. The molecule has 2 aromatic carbocycles. The number of nitrogens with one attached hydrogen (secondary N) is 1. The number of hydrogen-bond acceptors (Lipinski definition) is 5. The van der Waals surface area contributed by atoms with Crippen LogP contribution in [0.4, 0.5) is 0 Å². The van der Waals surface area contributed by atoms with Gasteiger partial charge in [-0.2, -0.15) is 0 Å². The zero-order chi connectivity index (χ0) is 19.1. The van der Waals surface area contributed by atoms with Crippen LogP contribution in [0.25, 0.3) is 0 Å². The summed E-state index contributed by atoms with van der Waals surface area (Å²) in [6, 6.07) is 10.9. The van der Waals surface area contributed by atoms with Crippen LogP contribution in [-0.4, -0.2) is 31.5 Å². The van der Waals surface area contributed by atoms with E-state index < -0.39 is 17.8 Å². The lowest BCUT2D eigenvalue weighted by Gasteiger charge is -2.08. The summed E-state index contributed by atoms with van der Waals surface area (Å²) in [6.07, 6.45) is 0. The summed E-state index contributed by atoms with van der Waals surface area (Å²) in [5.41, 5.74) is 1.30. The quantitative estimate of drug-likeness (QED) is 0.759. The van der Waals surface area contributed by atoms with Gasteiger partial charge in [-0.3, -0.25) is 9.59 Å². The number of rotatable bonds is 6. The Hall–Kier alpha value is -2.57. The highest BCUT2D eigenvalue weighted by Gasteiger charge is 2.13. The molecule has 0 aliphatic carbocycles. The third kappa shape index (κ3) is 5.47. The number of ether oxygens (including phenoxy) is 2. The van der Waals surface area contributed by atoms with E-state index >= 15 is 0 Å². The minimum Gasteiger partial charge on any atom is -0.465 e. The lowest BCUT2D eigenvalue weighted by Crippen LogP contribution is -2.30. The monoisotopic (exact) mass is 395 g/mol. The molecule has 0 bridgehead atoms. The summed E-state index contributed by atoms with van der Waals surface area (Å²) in [5, 5.41) is 3.02. The third-order valence-electron chi connectivity index (χ3n) is 3.34. The smallest absolute Gasteiger partial charge is 0.337 e. The van der Waals surface area contributed by atoms with Gasteiger partial charge in [0.15, 0.2) is 0 Å². The Bertz CT molecular complexity index is 821. The van der Waals surface area contributed by atoms with Crippen LogP contribution in [0.5, 0.6) is 0 Å². The molecule has 0 spiro atoms. The van der Waals surface area contributed by atoms with E-state index in [1.165, 1.54) is 25.3 Å². The van der Waals surface area contributed by atoms with E-state index in [0.29, 0.717) is 16.1 Å². The average Bonchev–Trinajstić information content (AvgIpc) is 2.64. The number of methoxy groups -OCH3 is 1. The number of amides is 1. The minimum atomic E-state index is -0.611. The zero-order valence-electron chi connectivity index (χ0n) is 13.8. The van der Waals surface area contributed by atoms with E-state index in [-0.39, 0.29) is 23.7 Å². The summed E-state index contributed by atoms with van der Waals surface area (Å²) in [4.78, 5) is 35.1. The van der Waals surface area contributed by atoms with Crippen molar-refractivity contribution in [2.24, 2.45) is 0 Å². The maximum Gasteiger partial charge on any atom is 0.337 e. The summed E-state index contributed by atoms with van der Waals surface area (Å²) in [5.74, 6) is -1.57. The van der Waals surface area contributed by atoms with Crippen molar-refractivity contribution in [2.75, 3.05) is 13.7 Å². The van der Waals surface area contributed by atoms with Crippen molar-refractivity contribution in [2.45, 2.75) is 6.61 Å². The van der Waals surface area contributed by atoms with Crippen molar-refractivity contribution in [3.05, 3.63) is 69.2 Å². The molecule has 0 fully saturated rings. The molecule has 1 amide bonds.